The SMILES string of the molecule is CC1(C)c2ccc(-c3nc(-c4ccc5ccccc5c4)nc(-c4cccc5c4oc4ccccc45)n3)cc2-c2ccc3oc4ccccc4c3c21. The van der Waals surface area contributed by atoms with Crippen LogP contribution in [-0.4, -0.2) is 15.0 Å². The molecule has 1 aliphatic rings. The summed E-state index contributed by atoms with van der Waals surface area (Å²) < 4.78 is 12.8. The van der Waals surface area contributed by atoms with Crippen molar-refractivity contribution in [3.8, 4) is 45.3 Å². The molecule has 5 nitrogen and oxygen atoms in total. The summed E-state index contributed by atoms with van der Waals surface area (Å²) in [5.74, 6) is 1.79. The lowest BCUT2D eigenvalue weighted by Crippen LogP contribution is -2.15. The first-order valence-corrected chi connectivity index (χ1v) is 17.3. The number of benzene rings is 7. The summed E-state index contributed by atoms with van der Waals surface area (Å²) in [6, 6.07) is 48.3. The van der Waals surface area contributed by atoms with Gasteiger partial charge in [-0.2, -0.15) is 0 Å². The molecule has 5 heteroatoms. The molecule has 0 aliphatic heterocycles. The highest BCUT2D eigenvalue weighted by Crippen LogP contribution is 2.53. The van der Waals surface area contributed by atoms with E-state index in [1.165, 1.54) is 33.0 Å². The van der Waals surface area contributed by atoms with E-state index in [4.69, 9.17) is 23.8 Å². The lowest BCUT2D eigenvalue weighted by Gasteiger charge is -2.22. The van der Waals surface area contributed by atoms with Crippen LogP contribution in [0.3, 0.4) is 0 Å². The van der Waals surface area contributed by atoms with Crippen molar-refractivity contribution in [2.24, 2.45) is 0 Å². The first kappa shape index (κ1) is 28.3. The Morgan fingerprint density at radius 3 is 1.96 bits per heavy atom. The summed E-state index contributed by atoms with van der Waals surface area (Å²) in [7, 11) is 0. The summed E-state index contributed by atoms with van der Waals surface area (Å²) in [6.07, 6.45) is 0. The van der Waals surface area contributed by atoms with Crippen molar-refractivity contribution < 1.29 is 8.83 Å². The molecule has 1 aliphatic carbocycles. The highest BCUT2D eigenvalue weighted by molar-refractivity contribution is 6.11. The van der Waals surface area contributed by atoms with Crippen molar-refractivity contribution in [1.82, 2.24) is 15.0 Å². The van der Waals surface area contributed by atoms with E-state index in [1.807, 2.05) is 42.5 Å². The molecule has 0 radical (unpaired) electrons. The van der Waals surface area contributed by atoms with Gasteiger partial charge in [0.05, 0.1) is 5.56 Å². The zero-order chi connectivity index (χ0) is 33.8. The van der Waals surface area contributed by atoms with Crippen LogP contribution < -0.4 is 0 Å². The third kappa shape index (κ3) is 4.06. The Kier molecular flexibility index (Phi) is 5.66. The van der Waals surface area contributed by atoms with E-state index in [0.29, 0.717) is 17.5 Å². The number of para-hydroxylation sites is 3. The van der Waals surface area contributed by atoms with Gasteiger partial charge in [-0.25, -0.2) is 15.0 Å². The predicted molar refractivity (Wildman–Crippen MR) is 206 cm³/mol. The molecule has 51 heavy (non-hydrogen) atoms. The molecule has 0 saturated heterocycles. The summed E-state index contributed by atoms with van der Waals surface area (Å²) in [6.45, 7) is 4.62. The van der Waals surface area contributed by atoms with E-state index < -0.39 is 0 Å². The predicted octanol–water partition coefficient (Wildman–Crippen LogP) is 12.1. The maximum absolute atomic E-state index is 6.46. The van der Waals surface area contributed by atoms with Gasteiger partial charge in [0, 0.05) is 38.1 Å². The highest BCUT2D eigenvalue weighted by atomic mass is 16.3. The first-order chi connectivity index (χ1) is 25.0. The normalized spacial score (nSPS) is 13.5. The summed E-state index contributed by atoms with van der Waals surface area (Å²) >= 11 is 0. The molecular formula is C46H29N3O2. The topological polar surface area (TPSA) is 65.0 Å². The largest absolute Gasteiger partial charge is 0.456 e. The molecular weight excluding hydrogens is 627 g/mol. The fourth-order valence-corrected chi connectivity index (χ4v) is 8.28. The summed E-state index contributed by atoms with van der Waals surface area (Å²) in [5.41, 5.74) is 10.9. The number of rotatable bonds is 3. The van der Waals surface area contributed by atoms with Gasteiger partial charge in [-0.05, 0) is 69.4 Å². The highest BCUT2D eigenvalue weighted by Gasteiger charge is 2.38. The van der Waals surface area contributed by atoms with E-state index in [2.05, 4.69) is 111 Å². The molecule has 0 atom stereocenters. The zero-order valence-electron chi connectivity index (χ0n) is 27.9. The number of aromatic nitrogens is 3. The van der Waals surface area contributed by atoms with Crippen molar-refractivity contribution >= 4 is 54.6 Å². The number of nitrogens with zero attached hydrogens (tertiary/aromatic N) is 3. The Labute approximate surface area is 292 Å². The van der Waals surface area contributed by atoms with Gasteiger partial charge in [-0.15, -0.1) is 0 Å². The molecule has 3 heterocycles. The van der Waals surface area contributed by atoms with Crippen LogP contribution in [-0.2, 0) is 5.41 Å². The van der Waals surface area contributed by atoms with Gasteiger partial charge in [0.1, 0.15) is 22.3 Å². The third-order valence-corrected chi connectivity index (χ3v) is 10.7. The van der Waals surface area contributed by atoms with Crippen molar-refractivity contribution in [3.63, 3.8) is 0 Å². The van der Waals surface area contributed by atoms with E-state index in [9.17, 15) is 0 Å². The van der Waals surface area contributed by atoms with E-state index >= 15 is 0 Å². The van der Waals surface area contributed by atoms with Gasteiger partial charge in [-0.3, -0.25) is 0 Å². The molecule has 10 aromatic rings. The van der Waals surface area contributed by atoms with Gasteiger partial charge < -0.3 is 8.83 Å². The Hall–Kier alpha value is -6.59. The van der Waals surface area contributed by atoms with Crippen LogP contribution in [0.4, 0.5) is 0 Å². The molecule has 0 fully saturated rings. The number of furan rings is 2. The minimum absolute atomic E-state index is 0.229. The smallest absolute Gasteiger partial charge is 0.167 e. The number of hydrogen-bond donors (Lipinski definition) is 0. The molecule has 0 N–H and O–H groups in total. The van der Waals surface area contributed by atoms with Gasteiger partial charge >= 0.3 is 0 Å². The van der Waals surface area contributed by atoms with Gasteiger partial charge in [0.15, 0.2) is 17.5 Å². The van der Waals surface area contributed by atoms with Crippen molar-refractivity contribution in [3.05, 3.63) is 151 Å². The van der Waals surface area contributed by atoms with Crippen LogP contribution >= 0.6 is 0 Å². The quantitative estimate of drug-likeness (QED) is 0.189. The molecule has 0 amide bonds. The Morgan fingerprint density at radius 1 is 0.451 bits per heavy atom. The molecule has 3 aromatic heterocycles. The monoisotopic (exact) mass is 655 g/mol. The van der Waals surface area contributed by atoms with Gasteiger partial charge in [0.2, 0.25) is 0 Å². The Bertz CT molecular complexity index is 3080. The second kappa shape index (κ2) is 10.2. The Morgan fingerprint density at radius 2 is 1.12 bits per heavy atom. The standard InChI is InChI=1S/C46H29N3O2/c1-46(2)36-22-20-29(25-35(36)31-21-23-39-40(41(31)46)33-13-6-8-17-38(33)50-39)44-47-43(28-19-18-26-10-3-4-11-27(26)24-28)48-45(49-44)34-15-9-14-32-30-12-5-7-16-37(30)51-42(32)34/h3-25H,1-2H3. The molecule has 0 saturated carbocycles. The average molecular weight is 656 g/mol. The van der Waals surface area contributed by atoms with Crippen LogP contribution in [0.1, 0.15) is 25.0 Å². The van der Waals surface area contributed by atoms with E-state index in [0.717, 1.165) is 60.6 Å². The first-order valence-electron chi connectivity index (χ1n) is 17.3. The van der Waals surface area contributed by atoms with Crippen LogP contribution in [0.25, 0.3) is 99.9 Å². The minimum Gasteiger partial charge on any atom is -0.456 e. The third-order valence-electron chi connectivity index (χ3n) is 10.7. The molecule has 0 unspecified atom stereocenters. The van der Waals surface area contributed by atoms with Crippen LogP contribution in [0.5, 0.6) is 0 Å². The summed E-state index contributed by atoms with van der Waals surface area (Å²) in [4.78, 5) is 15.5. The van der Waals surface area contributed by atoms with Crippen LogP contribution in [0.2, 0.25) is 0 Å². The molecule has 7 aromatic carbocycles. The van der Waals surface area contributed by atoms with E-state index in [1.54, 1.807) is 0 Å². The Balaban J connectivity index is 1.14. The van der Waals surface area contributed by atoms with E-state index in [-0.39, 0.29) is 5.41 Å². The number of hydrogen-bond acceptors (Lipinski definition) is 5. The average Bonchev–Trinajstić information content (AvgIpc) is 3.82. The second-order valence-corrected chi connectivity index (χ2v) is 14.0. The molecule has 0 bridgehead atoms. The molecule has 0 spiro atoms. The number of fused-ring (bicyclic) bond motifs is 11. The maximum Gasteiger partial charge on any atom is 0.167 e. The molecule has 240 valence electrons. The second-order valence-electron chi connectivity index (χ2n) is 14.0. The lowest BCUT2D eigenvalue weighted by atomic mass is 9.80. The van der Waals surface area contributed by atoms with Crippen LogP contribution in [0, 0.1) is 0 Å². The van der Waals surface area contributed by atoms with Crippen molar-refractivity contribution in [2.45, 2.75) is 19.3 Å². The molecule has 11 rings (SSSR count). The fraction of sp³-hybridized carbons (Fsp3) is 0.0652. The lowest BCUT2D eigenvalue weighted by molar-refractivity contribution is 0.657. The maximum atomic E-state index is 6.46. The summed E-state index contributed by atoms with van der Waals surface area (Å²) in [5, 5.41) is 6.73. The van der Waals surface area contributed by atoms with Crippen molar-refractivity contribution in [1.29, 1.82) is 0 Å². The zero-order valence-corrected chi connectivity index (χ0v) is 27.9. The van der Waals surface area contributed by atoms with Crippen LogP contribution in [0.15, 0.2) is 148 Å². The van der Waals surface area contributed by atoms with Gasteiger partial charge in [0.25, 0.3) is 0 Å². The van der Waals surface area contributed by atoms with Gasteiger partial charge in [-0.1, -0.05) is 117 Å². The minimum atomic E-state index is -0.229. The van der Waals surface area contributed by atoms with Crippen molar-refractivity contribution in [2.75, 3.05) is 0 Å². The fourth-order valence-electron chi connectivity index (χ4n) is 8.28.